The molecular formula is C15H21N2OPd-3. The van der Waals surface area contributed by atoms with E-state index in [0.717, 1.165) is 6.61 Å². The number of hydrogen-bond acceptors (Lipinski definition) is 1. The van der Waals surface area contributed by atoms with E-state index in [2.05, 4.69) is 44.2 Å². The monoisotopic (exact) mass is 351 g/mol. The van der Waals surface area contributed by atoms with Crippen molar-refractivity contribution in [2.75, 3.05) is 6.61 Å². The Kier molecular flexibility index (Phi) is 6.99. The fourth-order valence-corrected chi connectivity index (χ4v) is 3.00. The molecule has 3 nitrogen and oxygen atoms in total. The van der Waals surface area contributed by atoms with Crippen molar-refractivity contribution in [1.82, 2.24) is 0 Å². The van der Waals surface area contributed by atoms with E-state index in [1.807, 2.05) is 0 Å². The van der Waals surface area contributed by atoms with Crippen LogP contribution in [0.2, 0.25) is 0 Å². The van der Waals surface area contributed by atoms with Crippen molar-refractivity contribution in [3.63, 3.8) is 0 Å². The van der Waals surface area contributed by atoms with Gasteiger partial charge < -0.3 is 17.0 Å². The molecular weight excluding hydrogens is 331 g/mol. The molecule has 2 atom stereocenters. The Bertz CT molecular complexity index is 431. The normalized spacial score (nSPS) is 23.3. The van der Waals surface area contributed by atoms with E-state index < -0.39 is 0 Å². The maximum absolute atomic E-state index is 5.83. The number of benzene rings is 1. The summed E-state index contributed by atoms with van der Waals surface area (Å²) < 4.78 is 5.83. The molecule has 1 aliphatic heterocycles. The van der Waals surface area contributed by atoms with E-state index in [1.165, 1.54) is 23.5 Å². The van der Waals surface area contributed by atoms with Gasteiger partial charge in [0.1, 0.15) is 0 Å². The third-order valence-electron chi connectivity index (χ3n) is 3.66. The Hall–Kier alpha value is -0.628. The summed E-state index contributed by atoms with van der Waals surface area (Å²) >= 11 is 0. The summed E-state index contributed by atoms with van der Waals surface area (Å²) in [5.74, 6) is 2.12. The van der Waals surface area contributed by atoms with Crippen molar-refractivity contribution in [2.24, 2.45) is 5.92 Å². The first-order chi connectivity index (χ1) is 7.79. The number of nitrogens with two attached hydrogens (primary N) is 2. The van der Waals surface area contributed by atoms with Crippen LogP contribution in [0.25, 0.3) is 17.9 Å². The van der Waals surface area contributed by atoms with Crippen LogP contribution in [0.1, 0.15) is 25.8 Å². The first-order valence-electron chi connectivity index (χ1n) is 6.00. The quantitative estimate of drug-likeness (QED) is 0.551. The summed E-state index contributed by atoms with van der Waals surface area (Å²) in [4.78, 5) is 0. The van der Waals surface area contributed by atoms with E-state index in [0.29, 0.717) is 12.0 Å². The summed E-state index contributed by atoms with van der Waals surface area (Å²) in [5, 5.41) is 0. The molecule has 19 heavy (non-hydrogen) atoms. The van der Waals surface area contributed by atoms with Crippen LogP contribution in [0.3, 0.4) is 0 Å². The Labute approximate surface area is 129 Å². The van der Waals surface area contributed by atoms with Crippen molar-refractivity contribution in [3.8, 4) is 0 Å². The van der Waals surface area contributed by atoms with Crippen molar-refractivity contribution in [3.05, 3.63) is 59.7 Å². The summed E-state index contributed by atoms with van der Waals surface area (Å²) in [6.07, 6.45) is 1.56. The van der Waals surface area contributed by atoms with Crippen LogP contribution in [-0.2, 0) is 25.2 Å². The standard InChI is InChI=1S/C15H17O.2H2N.Pd/c1-10(2)13-12-8-9-16-15(12)14(13)11-6-4-3-5-7-11;;;/h3-7,12,15H,8-9H2,1-2H3;2*1H2;/q3*-1;/t12-,15-;;;/m1.../s1. The molecule has 110 valence electrons. The smallest absolute Gasteiger partial charge is 0.0459 e. The zero-order chi connectivity index (χ0) is 11.1. The Morgan fingerprint density at radius 1 is 1.11 bits per heavy atom. The Morgan fingerprint density at radius 2 is 1.74 bits per heavy atom. The zero-order valence-corrected chi connectivity index (χ0v) is 12.9. The van der Waals surface area contributed by atoms with Crippen LogP contribution in [-0.4, -0.2) is 12.7 Å². The first-order valence-corrected chi connectivity index (χ1v) is 6.00. The minimum atomic E-state index is 0. The number of fused-ring (bicyclic) bond motifs is 1. The van der Waals surface area contributed by atoms with Crippen LogP contribution in [0.4, 0.5) is 0 Å². The van der Waals surface area contributed by atoms with Gasteiger partial charge in [0, 0.05) is 33.1 Å². The minimum Gasteiger partial charge on any atom is -0.693 e. The van der Waals surface area contributed by atoms with Crippen molar-refractivity contribution >= 4 is 5.57 Å². The predicted octanol–water partition coefficient (Wildman–Crippen LogP) is 4.90. The first kappa shape index (κ1) is 18.4. The Balaban J connectivity index is 0.00000108. The van der Waals surface area contributed by atoms with Gasteiger partial charge in [-0.05, 0) is 12.3 Å². The Morgan fingerprint density at radius 3 is 2.32 bits per heavy atom. The fraction of sp³-hybridized carbons (Fsp3) is 0.400. The molecule has 1 fully saturated rings. The van der Waals surface area contributed by atoms with Crippen LogP contribution >= 0.6 is 0 Å². The molecule has 1 aliphatic carbocycles. The molecule has 4 heteroatoms. The molecule has 2 aliphatic rings. The van der Waals surface area contributed by atoms with Crippen LogP contribution < -0.4 is 0 Å². The second-order valence-corrected chi connectivity index (χ2v) is 4.88. The largest absolute Gasteiger partial charge is 0.693 e. The minimum absolute atomic E-state index is 0. The second kappa shape index (κ2) is 7.23. The molecule has 0 aromatic heterocycles. The SMILES string of the molecule is C[C-](C)C1=C(c2ccccc2)[C@@H]2OCC[C@H]12.[NH2-].[NH2-].[Pd]. The predicted molar refractivity (Wildman–Crippen MR) is 76.4 cm³/mol. The van der Waals surface area contributed by atoms with Gasteiger partial charge in [0.05, 0.1) is 0 Å². The second-order valence-electron chi connectivity index (χ2n) is 4.88. The molecule has 1 saturated heterocycles. The van der Waals surface area contributed by atoms with Gasteiger partial charge in [-0.1, -0.05) is 30.3 Å². The van der Waals surface area contributed by atoms with E-state index in [-0.39, 0.29) is 32.7 Å². The molecule has 4 N–H and O–H groups in total. The number of ether oxygens (including phenoxy) is 1. The maximum Gasteiger partial charge on any atom is 0.0459 e. The van der Waals surface area contributed by atoms with Gasteiger partial charge in [-0.3, -0.25) is 0 Å². The third kappa shape index (κ3) is 2.94. The van der Waals surface area contributed by atoms with E-state index >= 15 is 0 Å². The van der Waals surface area contributed by atoms with Crippen LogP contribution in [0, 0.1) is 11.8 Å². The van der Waals surface area contributed by atoms with Gasteiger partial charge in [-0.25, -0.2) is 11.5 Å². The van der Waals surface area contributed by atoms with E-state index in [4.69, 9.17) is 4.74 Å². The number of rotatable bonds is 2. The molecule has 0 amide bonds. The van der Waals surface area contributed by atoms with Gasteiger partial charge in [0.25, 0.3) is 0 Å². The van der Waals surface area contributed by atoms with Gasteiger partial charge in [0.15, 0.2) is 0 Å². The summed E-state index contributed by atoms with van der Waals surface area (Å²) in [5.41, 5.74) is 4.32. The van der Waals surface area contributed by atoms with Gasteiger partial charge in [0.2, 0.25) is 0 Å². The topological polar surface area (TPSA) is 76.2 Å². The average Bonchev–Trinajstić information content (AvgIpc) is 2.63. The zero-order valence-electron chi connectivity index (χ0n) is 11.3. The average molecular weight is 352 g/mol. The molecule has 0 bridgehead atoms. The molecule has 1 aromatic rings. The summed E-state index contributed by atoms with van der Waals surface area (Å²) in [7, 11) is 0. The van der Waals surface area contributed by atoms with Gasteiger partial charge in [-0.2, -0.15) is 5.57 Å². The van der Waals surface area contributed by atoms with Crippen LogP contribution in [0.15, 0.2) is 35.9 Å². The van der Waals surface area contributed by atoms with Gasteiger partial charge >= 0.3 is 0 Å². The molecule has 1 aromatic carbocycles. The van der Waals surface area contributed by atoms with Crippen LogP contribution in [0.5, 0.6) is 0 Å². The third-order valence-corrected chi connectivity index (χ3v) is 3.66. The number of hydrogen-bond donors (Lipinski definition) is 0. The molecule has 0 unspecified atom stereocenters. The molecule has 0 saturated carbocycles. The molecule has 0 spiro atoms. The molecule has 1 heterocycles. The summed E-state index contributed by atoms with van der Waals surface area (Å²) in [6, 6.07) is 10.7. The maximum atomic E-state index is 5.83. The molecule has 3 rings (SSSR count). The van der Waals surface area contributed by atoms with E-state index in [1.54, 1.807) is 5.57 Å². The molecule has 0 radical (unpaired) electrons. The van der Waals surface area contributed by atoms with Gasteiger partial charge in [-0.15, -0.1) is 19.4 Å². The van der Waals surface area contributed by atoms with Crippen molar-refractivity contribution in [1.29, 1.82) is 0 Å². The summed E-state index contributed by atoms with van der Waals surface area (Å²) in [6.45, 7) is 5.35. The van der Waals surface area contributed by atoms with Crippen molar-refractivity contribution in [2.45, 2.75) is 26.4 Å². The van der Waals surface area contributed by atoms with E-state index in [9.17, 15) is 0 Å². The fourth-order valence-electron chi connectivity index (χ4n) is 3.00. The van der Waals surface area contributed by atoms with Crippen molar-refractivity contribution < 1.29 is 25.2 Å².